The molecule has 1 atom stereocenters. The van der Waals surface area contributed by atoms with Crippen LogP contribution in [0.1, 0.15) is 40.5 Å². The van der Waals surface area contributed by atoms with E-state index < -0.39 is 5.97 Å². The molecule has 0 aromatic carbocycles. The lowest BCUT2D eigenvalue weighted by atomic mass is 9.93. The van der Waals surface area contributed by atoms with Crippen LogP contribution in [0.25, 0.3) is 0 Å². The number of carbonyl (C=O) groups is 1. The van der Waals surface area contributed by atoms with Gasteiger partial charge in [-0.1, -0.05) is 26.8 Å². The quantitative estimate of drug-likeness (QED) is 0.667. The summed E-state index contributed by atoms with van der Waals surface area (Å²) in [5.74, 6) is 0.536. The van der Waals surface area contributed by atoms with Crippen LogP contribution in [0.15, 0.2) is 11.6 Å². The van der Waals surface area contributed by atoms with Crippen molar-refractivity contribution in [3.63, 3.8) is 0 Å². The van der Waals surface area contributed by atoms with E-state index in [9.17, 15) is 4.79 Å². The number of allylic oxidation sites excluding steroid dienone is 1. The van der Waals surface area contributed by atoms with Crippen LogP contribution in [0, 0.1) is 11.8 Å². The Kier molecular flexibility index (Phi) is 5.44. The molecule has 0 aliphatic rings. The van der Waals surface area contributed by atoms with Crippen LogP contribution in [0.2, 0.25) is 0 Å². The molecule has 0 radical (unpaired) electrons. The lowest BCUT2D eigenvalue weighted by Gasteiger charge is -2.13. The van der Waals surface area contributed by atoms with Gasteiger partial charge in [0.15, 0.2) is 0 Å². The molecule has 1 unspecified atom stereocenters. The standard InChI is InChI=1S/C11H20O2/c1-8(2)9(3)6-5-7-10(4)11(12)13/h7-9H,5-6H2,1-4H3,(H,12,13). The van der Waals surface area contributed by atoms with Crippen molar-refractivity contribution >= 4 is 5.97 Å². The first-order chi connectivity index (χ1) is 5.95. The second-order valence-electron chi connectivity index (χ2n) is 3.99. The number of hydrogen-bond donors (Lipinski definition) is 1. The number of hydrogen-bond acceptors (Lipinski definition) is 1. The van der Waals surface area contributed by atoms with E-state index in [-0.39, 0.29) is 0 Å². The average molecular weight is 184 g/mol. The van der Waals surface area contributed by atoms with E-state index in [0.717, 1.165) is 12.8 Å². The SMILES string of the molecule is CC(=CCCC(C)C(C)C)C(=O)O. The highest BCUT2D eigenvalue weighted by Gasteiger charge is 2.06. The highest BCUT2D eigenvalue weighted by Crippen LogP contribution is 2.16. The van der Waals surface area contributed by atoms with Crippen molar-refractivity contribution in [1.82, 2.24) is 0 Å². The third kappa shape index (κ3) is 5.45. The lowest BCUT2D eigenvalue weighted by molar-refractivity contribution is -0.132. The van der Waals surface area contributed by atoms with E-state index in [1.54, 1.807) is 13.0 Å². The second kappa shape index (κ2) is 5.79. The Morgan fingerprint density at radius 3 is 2.31 bits per heavy atom. The van der Waals surface area contributed by atoms with Gasteiger partial charge in [-0.2, -0.15) is 0 Å². The van der Waals surface area contributed by atoms with Gasteiger partial charge in [-0.05, 0) is 31.6 Å². The summed E-state index contributed by atoms with van der Waals surface area (Å²) >= 11 is 0. The van der Waals surface area contributed by atoms with E-state index in [4.69, 9.17) is 5.11 Å². The molecule has 0 bridgehead atoms. The molecule has 0 saturated carbocycles. The Bertz CT molecular complexity index is 192. The molecule has 1 N–H and O–H groups in total. The Morgan fingerprint density at radius 1 is 1.38 bits per heavy atom. The van der Waals surface area contributed by atoms with Gasteiger partial charge in [-0.3, -0.25) is 0 Å². The molecule has 0 saturated heterocycles. The van der Waals surface area contributed by atoms with Crippen LogP contribution in [0.4, 0.5) is 0 Å². The van der Waals surface area contributed by atoms with Crippen molar-refractivity contribution in [3.8, 4) is 0 Å². The minimum absolute atomic E-state index is 0.455. The number of carboxylic acid groups (broad SMARTS) is 1. The van der Waals surface area contributed by atoms with E-state index in [0.29, 0.717) is 17.4 Å². The van der Waals surface area contributed by atoms with Gasteiger partial charge in [-0.15, -0.1) is 0 Å². The summed E-state index contributed by atoms with van der Waals surface area (Å²) in [4.78, 5) is 10.4. The van der Waals surface area contributed by atoms with Crippen LogP contribution in [-0.2, 0) is 4.79 Å². The molecule has 0 aliphatic carbocycles. The predicted octanol–water partition coefficient (Wildman–Crippen LogP) is 3.09. The normalized spacial score (nSPS) is 14.7. The number of aliphatic carboxylic acids is 1. The molecule has 76 valence electrons. The van der Waals surface area contributed by atoms with Crippen LogP contribution >= 0.6 is 0 Å². The molecule has 0 aliphatic heterocycles. The van der Waals surface area contributed by atoms with E-state index in [1.807, 2.05) is 0 Å². The monoisotopic (exact) mass is 184 g/mol. The van der Waals surface area contributed by atoms with Crippen LogP contribution in [0.5, 0.6) is 0 Å². The smallest absolute Gasteiger partial charge is 0.330 e. The fraction of sp³-hybridized carbons (Fsp3) is 0.727. The maximum absolute atomic E-state index is 10.4. The second-order valence-corrected chi connectivity index (χ2v) is 3.99. The van der Waals surface area contributed by atoms with Gasteiger partial charge in [0, 0.05) is 5.57 Å². The van der Waals surface area contributed by atoms with Gasteiger partial charge >= 0.3 is 5.97 Å². The van der Waals surface area contributed by atoms with E-state index in [2.05, 4.69) is 20.8 Å². The molecule has 0 heterocycles. The first-order valence-corrected chi connectivity index (χ1v) is 4.85. The summed E-state index contributed by atoms with van der Waals surface area (Å²) < 4.78 is 0. The lowest BCUT2D eigenvalue weighted by Crippen LogP contribution is -2.03. The summed E-state index contributed by atoms with van der Waals surface area (Å²) in [5, 5.41) is 8.59. The Labute approximate surface area is 80.7 Å². The Balaban J connectivity index is 3.79. The highest BCUT2D eigenvalue weighted by atomic mass is 16.4. The van der Waals surface area contributed by atoms with Crippen molar-refractivity contribution < 1.29 is 9.90 Å². The first kappa shape index (κ1) is 12.2. The van der Waals surface area contributed by atoms with Crippen molar-refractivity contribution in [3.05, 3.63) is 11.6 Å². The third-order valence-electron chi connectivity index (χ3n) is 2.55. The first-order valence-electron chi connectivity index (χ1n) is 4.85. The molecule has 2 heteroatoms. The minimum Gasteiger partial charge on any atom is -0.478 e. The van der Waals surface area contributed by atoms with Crippen LogP contribution < -0.4 is 0 Å². The summed E-state index contributed by atoms with van der Waals surface area (Å²) in [5.41, 5.74) is 0.455. The van der Waals surface area contributed by atoms with Gasteiger partial charge in [0.2, 0.25) is 0 Å². The Morgan fingerprint density at radius 2 is 1.92 bits per heavy atom. The number of carboxylic acids is 1. The van der Waals surface area contributed by atoms with Gasteiger partial charge in [0.1, 0.15) is 0 Å². The molecule has 2 nitrogen and oxygen atoms in total. The van der Waals surface area contributed by atoms with Crippen LogP contribution in [-0.4, -0.2) is 11.1 Å². The summed E-state index contributed by atoms with van der Waals surface area (Å²) in [6.45, 7) is 8.23. The summed E-state index contributed by atoms with van der Waals surface area (Å²) in [7, 11) is 0. The molecule has 0 aromatic heterocycles. The van der Waals surface area contributed by atoms with Crippen LogP contribution in [0.3, 0.4) is 0 Å². The fourth-order valence-electron chi connectivity index (χ4n) is 0.983. The zero-order valence-corrected chi connectivity index (χ0v) is 9.00. The number of rotatable bonds is 5. The molecule has 13 heavy (non-hydrogen) atoms. The van der Waals surface area contributed by atoms with Crippen molar-refractivity contribution in [2.45, 2.75) is 40.5 Å². The Hall–Kier alpha value is -0.790. The zero-order chi connectivity index (χ0) is 10.4. The largest absolute Gasteiger partial charge is 0.478 e. The van der Waals surface area contributed by atoms with E-state index >= 15 is 0 Å². The van der Waals surface area contributed by atoms with Gasteiger partial charge in [-0.25, -0.2) is 4.79 Å². The molecule has 0 rings (SSSR count). The third-order valence-corrected chi connectivity index (χ3v) is 2.55. The molecule has 0 amide bonds. The van der Waals surface area contributed by atoms with Gasteiger partial charge < -0.3 is 5.11 Å². The molecule has 0 aromatic rings. The molecular weight excluding hydrogens is 164 g/mol. The van der Waals surface area contributed by atoms with Crippen molar-refractivity contribution in [1.29, 1.82) is 0 Å². The van der Waals surface area contributed by atoms with Crippen molar-refractivity contribution in [2.75, 3.05) is 0 Å². The fourth-order valence-corrected chi connectivity index (χ4v) is 0.983. The van der Waals surface area contributed by atoms with Gasteiger partial charge in [0.25, 0.3) is 0 Å². The molecule has 0 spiro atoms. The minimum atomic E-state index is -0.808. The average Bonchev–Trinajstić information content (AvgIpc) is 2.03. The topological polar surface area (TPSA) is 37.3 Å². The predicted molar refractivity (Wildman–Crippen MR) is 54.6 cm³/mol. The maximum Gasteiger partial charge on any atom is 0.330 e. The maximum atomic E-state index is 10.4. The molecule has 0 fully saturated rings. The van der Waals surface area contributed by atoms with E-state index in [1.165, 1.54) is 0 Å². The van der Waals surface area contributed by atoms with Gasteiger partial charge in [0.05, 0.1) is 0 Å². The van der Waals surface area contributed by atoms with Crippen molar-refractivity contribution in [2.24, 2.45) is 11.8 Å². The highest BCUT2D eigenvalue weighted by molar-refractivity contribution is 5.85. The summed E-state index contributed by atoms with van der Waals surface area (Å²) in [6, 6.07) is 0. The molecular formula is C11H20O2. The summed E-state index contributed by atoms with van der Waals surface area (Å²) in [6.07, 6.45) is 3.75. The zero-order valence-electron chi connectivity index (χ0n) is 9.00.